The summed E-state index contributed by atoms with van der Waals surface area (Å²) in [7, 11) is 0. The second kappa shape index (κ2) is 6.94. The van der Waals surface area contributed by atoms with Crippen LogP contribution < -0.4 is 0 Å². The van der Waals surface area contributed by atoms with Crippen molar-refractivity contribution in [1.82, 2.24) is 4.90 Å². The summed E-state index contributed by atoms with van der Waals surface area (Å²) < 4.78 is 0. The quantitative estimate of drug-likeness (QED) is 0.743. The molecule has 0 radical (unpaired) electrons. The first kappa shape index (κ1) is 15.2. The maximum Gasteiger partial charge on any atom is 0.0242 e. The van der Waals surface area contributed by atoms with Gasteiger partial charge in [0.15, 0.2) is 0 Å². The first-order chi connectivity index (χ1) is 8.59. The van der Waals surface area contributed by atoms with Crippen molar-refractivity contribution in [3.8, 4) is 0 Å². The normalized spacial score (nSPS) is 19.4. The van der Waals surface area contributed by atoms with Crippen LogP contribution in [-0.4, -0.2) is 17.0 Å². The van der Waals surface area contributed by atoms with Gasteiger partial charge in [-0.15, -0.1) is 0 Å². The molecule has 1 nitrogen and oxygen atoms in total. The Morgan fingerprint density at radius 1 is 1.00 bits per heavy atom. The first-order valence-electron chi connectivity index (χ1n) is 7.42. The lowest BCUT2D eigenvalue weighted by Crippen LogP contribution is -2.47. The monoisotopic (exact) mass is 247 g/mol. The lowest BCUT2D eigenvalue weighted by Gasteiger charge is -2.41. The highest BCUT2D eigenvalue weighted by molar-refractivity contribution is 5.30. The molecule has 1 aromatic rings. The van der Waals surface area contributed by atoms with Gasteiger partial charge in [0.1, 0.15) is 0 Å². The second-order valence-corrected chi connectivity index (χ2v) is 5.55. The van der Waals surface area contributed by atoms with Crippen molar-refractivity contribution >= 4 is 0 Å². The van der Waals surface area contributed by atoms with Gasteiger partial charge in [-0.3, -0.25) is 4.90 Å². The van der Waals surface area contributed by atoms with Crippen molar-refractivity contribution < 1.29 is 0 Å². The highest BCUT2D eigenvalue weighted by Crippen LogP contribution is 2.28. The van der Waals surface area contributed by atoms with Crippen LogP contribution in [0.25, 0.3) is 0 Å². The second-order valence-electron chi connectivity index (χ2n) is 5.55. The van der Waals surface area contributed by atoms with E-state index in [1.807, 2.05) is 13.8 Å². The average Bonchev–Trinajstić information content (AvgIpc) is 2.39. The maximum absolute atomic E-state index is 2.65. The Kier molecular flexibility index (Phi) is 5.87. The van der Waals surface area contributed by atoms with Crippen LogP contribution in [0, 0.1) is 5.92 Å². The van der Waals surface area contributed by atoms with E-state index < -0.39 is 0 Å². The predicted molar refractivity (Wildman–Crippen MR) is 80.8 cm³/mol. The summed E-state index contributed by atoms with van der Waals surface area (Å²) in [6.45, 7) is 14.4. The number of hydrogen-bond donors (Lipinski definition) is 0. The molecule has 0 amide bonds. The Balaban J connectivity index is 0.000000771. The molecule has 0 saturated carbocycles. The van der Waals surface area contributed by atoms with E-state index in [0.717, 1.165) is 12.5 Å². The minimum atomic E-state index is 0.640. The average molecular weight is 247 g/mol. The molecule has 0 spiro atoms. The maximum atomic E-state index is 2.65. The molecule has 0 fully saturated rings. The molecule has 0 aliphatic carbocycles. The van der Waals surface area contributed by atoms with Crippen molar-refractivity contribution in [1.29, 1.82) is 0 Å². The zero-order chi connectivity index (χ0) is 13.7. The minimum Gasteiger partial charge on any atom is -0.293 e. The molecule has 0 aromatic heterocycles. The van der Waals surface area contributed by atoms with E-state index in [9.17, 15) is 0 Å². The number of fused-ring (bicyclic) bond motifs is 1. The largest absolute Gasteiger partial charge is 0.293 e. The van der Waals surface area contributed by atoms with Crippen LogP contribution in [0.5, 0.6) is 0 Å². The van der Waals surface area contributed by atoms with E-state index in [1.54, 1.807) is 5.56 Å². The molecule has 1 aliphatic heterocycles. The molecule has 1 atom stereocenters. The van der Waals surface area contributed by atoms with E-state index >= 15 is 0 Å². The van der Waals surface area contributed by atoms with E-state index in [0.29, 0.717) is 12.1 Å². The predicted octanol–water partition coefficient (Wildman–Crippen LogP) is 4.50. The smallest absolute Gasteiger partial charge is 0.0242 e. The van der Waals surface area contributed by atoms with Crippen LogP contribution in [0.1, 0.15) is 52.7 Å². The highest BCUT2D eigenvalue weighted by atomic mass is 15.2. The third kappa shape index (κ3) is 3.35. The van der Waals surface area contributed by atoms with Crippen LogP contribution in [-0.2, 0) is 13.0 Å². The number of rotatable bonds is 2. The molecule has 1 unspecified atom stereocenters. The van der Waals surface area contributed by atoms with Gasteiger partial charge >= 0.3 is 0 Å². The van der Waals surface area contributed by atoms with Crippen LogP contribution in [0.2, 0.25) is 0 Å². The van der Waals surface area contributed by atoms with Gasteiger partial charge < -0.3 is 0 Å². The van der Waals surface area contributed by atoms with E-state index in [2.05, 4.69) is 56.9 Å². The molecule has 0 bridgehead atoms. The first-order valence-corrected chi connectivity index (χ1v) is 7.42. The van der Waals surface area contributed by atoms with E-state index in [-0.39, 0.29) is 0 Å². The molecular formula is C17H29N. The number of benzene rings is 1. The highest BCUT2D eigenvalue weighted by Gasteiger charge is 2.29. The number of hydrogen-bond acceptors (Lipinski definition) is 1. The van der Waals surface area contributed by atoms with Gasteiger partial charge in [0.25, 0.3) is 0 Å². The van der Waals surface area contributed by atoms with Crippen LogP contribution in [0.15, 0.2) is 24.3 Å². The fourth-order valence-electron chi connectivity index (χ4n) is 2.75. The lowest BCUT2D eigenvalue weighted by atomic mass is 9.87. The molecule has 0 saturated heterocycles. The zero-order valence-electron chi connectivity index (χ0n) is 12.9. The molecule has 2 rings (SSSR count). The zero-order valence-corrected chi connectivity index (χ0v) is 12.9. The molecule has 18 heavy (non-hydrogen) atoms. The minimum absolute atomic E-state index is 0.640. The molecule has 1 aromatic carbocycles. The van der Waals surface area contributed by atoms with Crippen molar-refractivity contribution in [2.45, 2.75) is 66.6 Å². The van der Waals surface area contributed by atoms with E-state index in [4.69, 9.17) is 0 Å². The molecule has 1 aliphatic rings. The summed E-state index contributed by atoms with van der Waals surface area (Å²) in [6, 6.07) is 10.2. The van der Waals surface area contributed by atoms with Gasteiger partial charge in [-0.25, -0.2) is 0 Å². The van der Waals surface area contributed by atoms with Crippen LogP contribution in [0.3, 0.4) is 0 Å². The van der Waals surface area contributed by atoms with Crippen LogP contribution >= 0.6 is 0 Å². The van der Waals surface area contributed by atoms with Gasteiger partial charge in [-0.1, -0.05) is 52.0 Å². The van der Waals surface area contributed by atoms with Crippen LogP contribution in [0.4, 0.5) is 0 Å². The summed E-state index contributed by atoms with van der Waals surface area (Å²) in [6.07, 6.45) is 1.21. The third-order valence-corrected chi connectivity index (χ3v) is 3.76. The molecule has 102 valence electrons. The fourth-order valence-corrected chi connectivity index (χ4v) is 2.75. The molecule has 1 heterocycles. The SMILES string of the molecule is CC.CC(C)C1Cc2ccccc2CN1C(C)C. The van der Waals surface area contributed by atoms with E-state index in [1.165, 1.54) is 12.0 Å². The Bertz CT molecular complexity index is 319. The summed E-state index contributed by atoms with van der Waals surface area (Å²) in [4.78, 5) is 2.65. The lowest BCUT2D eigenvalue weighted by molar-refractivity contribution is 0.0973. The van der Waals surface area contributed by atoms with Gasteiger partial charge in [0, 0.05) is 18.6 Å². The van der Waals surface area contributed by atoms with Gasteiger partial charge in [0.2, 0.25) is 0 Å². The Morgan fingerprint density at radius 2 is 1.56 bits per heavy atom. The fraction of sp³-hybridized carbons (Fsp3) is 0.647. The Hall–Kier alpha value is -0.820. The molecular weight excluding hydrogens is 218 g/mol. The van der Waals surface area contributed by atoms with Crippen molar-refractivity contribution in [3.05, 3.63) is 35.4 Å². The van der Waals surface area contributed by atoms with Gasteiger partial charge in [-0.2, -0.15) is 0 Å². The van der Waals surface area contributed by atoms with Crippen molar-refractivity contribution in [3.63, 3.8) is 0 Å². The topological polar surface area (TPSA) is 3.24 Å². The summed E-state index contributed by atoms with van der Waals surface area (Å²) in [5, 5.41) is 0. The summed E-state index contributed by atoms with van der Waals surface area (Å²) in [5.41, 5.74) is 3.08. The Labute approximate surface area is 113 Å². The van der Waals surface area contributed by atoms with Gasteiger partial charge in [-0.05, 0) is 37.3 Å². The number of nitrogens with zero attached hydrogens (tertiary/aromatic N) is 1. The molecule has 1 heteroatoms. The van der Waals surface area contributed by atoms with Gasteiger partial charge in [0.05, 0.1) is 0 Å². The summed E-state index contributed by atoms with van der Waals surface area (Å²) >= 11 is 0. The van der Waals surface area contributed by atoms with Crippen molar-refractivity contribution in [2.75, 3.05) is 0 Å². The standard InChI is InChI=1S/C15H23N.C2H6/c1-11(2)15-9-13-7-5-6-8-14(13)10-16(15)12(3)4;1-2/h5-8,11-12,15H,9-10H2,1-4H3;1-2H3. The third-order valence-electron chi connectivity index (χ3n) is 3.76. The summed E-state index contributed by atoms with van der Waals surface area (Å²) in [5.74, 6) is 0.732. The van der Waals surface area contributed by atoms with Crippen molar-refractivity contribution in [2.24, 2.45) is 5.92 Å². The Morgan fingerprint density at radius 3 is 2.06 bits per heavy atom. The molecule has 0 N–H and O–H groups in total.